The number of hydrogen-bond donors (Lipinski definition) is 3. The number of hydrogen-bond acceptors (Lipinski definition) is 3. The van der Waals surface area contributed by atoms with E-state index in [2.05, 4.69) is 13.8 Å². The molecule has 2 atom stereocenters. The third kappa shape index (κ3) is 3.59. The quantitative estimate of drug-likeness (QED) is 0.703. The van der Waals surface area contributed by atoms with Crippen molar-refractivity contribution in [3.63, 3.8) is 0 Å². The Kier molecular flexibility index (Phi) is 4.93. The second kappa shape index (κ2) is 5.99. The summed E-state index contributed by atoms with van der Waals surface area (Å²) in [4.78, 5) is 0. The minimum Gasteiger partial charge on any atom is -0.389 e. The van der Waals surface area contributed by atoms with Gasteiger partial charge in [-0.15, -0.1) is 0 Å². The van der Waals surface area contributed by atoms with Crippen molar-refractivity contribution >= 4 is 0 Å². The maximum atomic E-state index is 9.73. The van der Waals surface area contributed by atoms with Crippen molar-refractivity contribution in [2.24, 2.45) is 11.7 Å². The van der Waals surface area contributed by atoms with Crippen LogP contribution in [0.1, 0.15) is 31.1 Å². The van der Waals surface area contributed by atoms with Crippen molar-refractivity contribution < 1.29 is 10.2 Å². The Balaban J connectivity index is 2.70. The first-order valence-electron chi connectivity index (χ1n) is 5.69. The van der Waals surface area contributed by atoms with Crippen LogP contribution in [0.5, 0.6) is 0 Å². The van der Waals surface area contributed by atoms with Gasteiger partial charge in [-0.3, -0.25) is 0 Å². The van der Waals surface area contributed by atoms with E-state index in [1.807, 2.05) is 24.3 Å². The number of benzene rings is 1. The standard InChI is InChI=1S/C13H21NO2/c1-9(2)7-10-3-5-11(6-4-10)13(16)12(15)8-14/h3-6,9,12-13,15-16H,7-8,14H2,1-2H3. The molecular formula is C13H21NO2. The van der Waals surface area contributed by atoms with Gasteiger partial charge in [-0.1, -0.05) is 38.1 Å². The van der Waals surface area contributed by atoms with Gasteiger partial charge in [-0.2, -0.15) is 0 Å². The van der Waals surface area contributed by atoms with Crippen molar-refractivity contribution in [2.45, 2.75) is 32.5 Å². The van der Waals surface area contributed by atoms with Gasteiger partial charge in [0, 0.05) is 6.54 Å². The molecule has 3 heteroatoms. The van der Waals surface area contributed by atoms with E-state index in [4.69, 9.17) is 5.73 Å². The van der Waals surface area contributed by atoms with Crippen LogP contribution >= 0.6 is 0 Å². The van der Waals surface area contributed by atoms with Crippen LogP contribution in [0, 0.1) is 5.92 Å². The van der Waals surface area contributed by atoms with Crippen LogP contribution < -0.4 is 5.73 Å². The molecule has 0 spiro atoms. The molecule has 0 fully saturated rings. The van der Waals surface area contributed by atoms with Gasteiger partial charge >= 0.3 is 0 Å². The summed E-state index contributed by atoms with van der Waals surface area (Å²) in [5, 5.41) is 19.2. The molecular weight excluding hydrogens is 202 g/mol. The Hall–Kier alpha value is -0.900. The monoisotopic (exact) mass is 223 g/mol. The molecule has 90 valence electrons. The van der Waals surface area contributed by atoms with Gasteiger partial charge in [0.1, 0.15) is 6.10 Å². The summed E-state index contributed by atoms with van der Waals surface area (Å²) in [5.41, 5.74) is 7.25. The summed E-state index contributed by atoms with van der Waals surface area (Å²) in [6, 6.07) is 7.67. The van der Waals surface area contributed by atoms with Crippen molar-refractivity contribution in [1.29, 1.82) is 0 Å². The van der Waals surface area contributed by atoms with Crippen LogP contribution in [-0.4, -0.2) is 22.9 Å². The Bertz CT molecular complexity index is 308. The van der Waals surface area contributed by atoms with Crippen molar-refractivity contribution in [3.8, 4) is 0 Å². The summed E-state index contributed by atoms with van der Waals surface area (Å²) in [6.45, 7) is 4.40. The second-order valence-electron chi connectivity index (χ2n) is 4.59. The van der Waals surface area contributed by atoms with Crippen LogP contribution in [0.25, 0.3) is 0 Å². The minimum absolute atomic E-state index is 0.0644. The van der Waals surface area contributed by atoms with E-state index in [1.54, 1.807) is 0 Å². The molecule has 16 heavy (non-hydrogen) atoms. The van der Waals surface area contributed by atoms with Gasteiger partial charge in [0.15, 0.2) is 0 Å². The van der Waals surface area contributed by atoms with Gasteiger partial charge in [0.25, 0.3) is 0 Å². The molecule has 1 rings (SSSR count). The van der Waals surface area contributed by atoms with Gasteiger partial charge in [-0.05, 0) is 23.5 Å². The molecule has 2 unspecified atom stereocenters. The van der Waals surface area contributed by atoms with E-state index in [1.165, 1.54) is 5.56 Å². The van der Waals surface area contributed by atoms with Gasteiger partial charge in [0.2, 0.25) is 0 Å². The molecule has 0 heterocycles. The lowest BCUT2D eigenvalue weighted by Gasteiger charge is -2.16. The first-order valence-corrected chi connectivity index (χ1v) is 5.69. The van der Waals surface area contributed by atoms with E-state index in [0.717, 1.165) is 6.42 Å². The molecule has 0 saturated carbocycles. The number of aliphatic hydroxyl groups is 2. The van der Waals surface area contributed by atoms with Crippen LogP contribution in [0.15, 0.2) is 24.3 Å². The highest BCUT2D eigenvalue weighted by Gasteiger charge is 2.16. The molecule has 0 aliphatic carbocycles. The Morgan fingerprint density at radius 2 is 1.69 bits per heavy atom. The van der Waals surface area contributed by atoms with E-state index < -0.39 is 12.2 Å². The summed E-state index contributed by atoms with van der Waals surface area (Å²) in [6.07, 6.45) is -0.760. The molecule has 0 aliphatic rings. The lowest BCUT2D eigenvalue weighted by atomic mass is 9.98. The highest BCUT2D eigenvalue weighted by atomic mass is 16.3. The SMILES string of the molecule is CC(C)Cc1ccc(C(O)C(O)CN)cc1. The number of rotatable bonds is 5. The first-order chi connectivity index (χ1) is 7.54. The highest BCUT2D eigenvalue weighted by molar-refractivity contribution is 5.25. The zero-order chi connectivity index (χ0) is 12.1. The average Bonchev–Trinajstić information content (AvgIpc) is 2.27. The van der Waals surface area contributed by atoms with Crippen molar-refractivity contribution in [3.05, 3.63) is 35.4 Å². The van der Waals surface area contributed by atoms with Crippen molar-refractivity contribution in [2.75, 3.05) is 6.54 Å². The lowest BCUT2D eigenvalue weighted by Crippen LogP contribution is -2.27. The zero-order valence-corrected chi connectivity index (χ0v) is 9.93. The summed E-state index contributed by atoms with van der Waals surface area (Å²) in [5.74, 6) is 0.616. The predicted molar refractivity (Wildman–Crippen MR) is 65.0 cm³/mol. The van der Waals surface area contributed by atoms with E-state index in [0.29, 0.717) is 11.5 Å². The molecule has 0 aliphatic heterocycles. The smallest absolute Gasteiger partial charge is 0.106 e. The average molecular weight is 223 g/mol. The van der Waals surface area contributed by atoms with Crippen molar-refractivity contribution in [1.82, 2.24) is 0 Å². The molecule has 3 nitrogen and oxygen atoms in total. The van der Waals surface area contributed by atoms with E-state index in [9.17, 15) is 10.2 Å². The maximum absolute atomic E-state index is 9.73. The van der Waals surface area contributed by atoms with Gasteiger partial charge < -0.3 is 15.9 Å². The topological polar surface area (TPSA) is 66.5 Å². The van der Waals surface area contributed by atoms with E-state index >= 15 is 0 Å². The molecule has 0 amide bonds. The molecule has 0 saturated heterocycles. The fourth-order valence-corrected chi connectivity index (χ4v) is 1.67. The summed E-state index contributed by atoms with van der Waals surface area (Å²) in [7, 11) is 0. The third-order valence-electron chi connectivity index (χ3n) is 2.57. The number of nitrogens with two attached hydrogens (primary N) is 1. The Labute approximate surface area is 96.9 Å². The zero-order valence-electron chi connectivity index (χ0n) is 9.93. The molecule has 4 N–H and O–H groups in total. The fraction of sp³-hybridized carbons (Fsp3) is 0.538. The molecule has 0 radical (unpaired) electrons. The van der Waals surface area contributed by atoms with Gasteiger partial charge in [0.05, 0.1) is 6.10 Å². The Morgan fingerprint density at radius 1 is 1.12 bits per heavy atom. The highest BCUT2D eigenvalue weighted by Crippen LogP contribution is 2.18. The van der Waals surface area contributed by atoms with Crippen LogP contribution in [0.3, 0.4) is 0 Å². The summed E-state index contributed by atoms with van der Waals surface area (Å²) >= 11 is 0. The lowest BCUT2D eigenvalue weighted by molar-refractivity contribution is 0.0243. The molecule has 0 aromatic heterocycles. The molecule has 0 bridgehead atoms. The second-order valence-corrected chi connectivity index (χ2v) is 4.59. The van der Waals surface area contributed by atoms with Crippen LogP contribution in [-0.2, 0) is 6.42 Å². The molecule has 1 aromatic carbocycles. The fourth-order valence-electron chi connectivity index (χ4n) is 1.67. The Morgan fingerprint density at radius 3 is 2.12 bits per heavy atom. The maximum Gasteiger partial charge on any atom is 0.106 e. The third-order valence-corrected chi connectivity index (χ3v) is 2.57. The summed E-state index contributed by atoms with van der Waals surface area (Å²) < 4.78 is 0. The van der Waals surface area contributed by atoms with E-state index in [-0.39, 0.29) is 6.54 Å². The number of aliphatic hydroxyl groups excluding tert-OH is 2. The normalized spacial score (nSPS) is 15.1. The first kappa shape index (κ1) is 13.2. The van der Waals surface area contributed by atoms with Crippen LogP contribution in [0.2, 0.25) is 0 Å². The predicted octanol–water partition coefficient (Wildman–Crippen LogP) is 1.24. The largest absolute Gasteiger partial charge is 0.389 e. The molecule has 1 aromatic rings. The van der Waals surface area contributed by atoms with Gasteiger partial charge in [-0.25, -0.2) is 0 Å². The van der Waals surface area contributed by atoms with Crippen LogP contribution in [0.4, 0.5) is 0 Å². The minimum atomic E-state index is -0.893.